The van der Waals surface area contributed by atoms with Crippen molar-refractivity contribution in [2.45, 2.75) is 18.4 Å². The molecule has 1 spiro atoms. The molecule has 2 aliphatic heterocycles. The summed E-state index contributed by atoms with van der Waals surface area (Å²) in [6, 6.07) is 5.57. The van der Waals surface area contributed by atoms with Gasteiger partial charge in [0.05, 0.1) is 24.3 Å². The SMILES string of the molecule is CN1CCC2(CC1)CN(C(=O)c1cc(=O)c3cccc(F)c3[nH]1)CCO2. The summed E-state index contributed by atoms with van der Waals surface area (Å²) in [5.41, 5.74) is -0.477. The fraction of sp³-hybridized carbons (Fsp3) is 0.474. The van der Waals surface area contributed by atoms with Crippen LogP contribution in [0.1, 0.15) is 23.3 Å². The van der Waals surface area contributed by atoms with Crippen molar-refractivity contribution in [2.24, 2.45) is 0 Å². The lowest BCUT2D eigenvalue weighted by Crippen LogP contribution is -2.57. The van der Waals surface area contributed by atoms with Gasteiger partial charge in [-0.25, -0.2) is 4.39 Å². The number of ether oxygens (including phenoxy) is 1. The van der Waals surface area contributed by atoms with Crippen LogP contribution in [0.2, 0.25) is 0 Å². The number of para-hydroxylation sites is 1. The van der Waals surface area contributed by atoms with Crippen molar-refractivity contribution in [2.75, 3.05) is 39.8 Å². The predicted molar refractivity (Wildman–Crippen MR) is 95.8 cm³/mol. The third-order valence-corrected chi connectivity index (χ3v) is 5.48. The quantitative estimate of drug-likeness (QED) is 0.840. The number of likely N-dealkylation sites (tertiary alicyclic amines) is 1. The Morgan fingerprint density at radius 3 is 2.81 bits per heavy atom. The van der Waals surface area contributed by atoms with E-state index < -0.39 is 5.82 Å². The Hall–Kier alpha value is -2.25. The number of hydrogen-bond donors (Lipinski definition) is 1. The summed E-state index contributed by atoms with van der Waals surface area (Å²) in [7, 11) is 2.08. The van der Waals surface area contributed by atoms with E-state index in [1.807, 2.05) is 0 Å². The van der Waals surface area contributed by atoms with Gasteiger partial charge in [0.1, 0.15) is 11.5 Å². The molecular weight excluding hydrogens is 337 g/mol. The first-order valence-electron chi connectivity index (χ1n) is 8.91. The van der Waals surface area contributed by atoms with E-state index in [2.05, 4.69) is 16.9 Å². The zero-order chi connectivity index (χ0) is 18.3. The summed E-state index contributed by atoms with van der Waals surface area (Å²) in [4.78, 5) is 32.0. The van der Waals surface area contributed by atoms with Crippen molar-refractivity contribution >= 4 is 16.8 Å². The molecule has 2 aromatic rings. The molecule has 0 unspecified atom stereocenters. The molecule has 7 heteroatoms. The molecule has 1 amide bonds. The van der Waals surface area contributed by atoms with Gasteiger partial charge in [-0.2, -0.15) is 0 Å². The minimum atomic E-state index is -0.539. The molecule has 0 radical (unpaired) electrons. The van der Waals surface area contributed by atoms with Crippen LogP contribution >= 0.6 is 0 Å². The van der Waals surface area contributed by atoms with Gasteiger partial charge in [-0.1, -0.05) is 6.07 Å². The Bertz CT molecular complexity index is 903. The molecule has 138 valence electrons. The third kappa shape index (κ3) is 3.01. The molecule has 2 fully saturated rings. The molecule has 2 aliphatic rings. The summed E-state index contributed by atoms with van der Waals surface area (Å²) in [5, 5.41) is 0.246. The molecule has 1 aromatic carbocycles. The lowest BCUT2D eigenvalue weighted by atomic mass is 9.89. The standard InChI is InChI=1S/C19H22FN3O3/c1-22-7-5-19(6-8-22)12-23(9-10-26-19)18(25)15-11-16(24)13-3-2-4-14(20)17(13)21-15/h2-4,11H,5-10,12H2,1H3,(H,21,24). The summed E-state index contributed by atoms with van der Waals surface area (Å²) in [6.07, 6.45) is 1.74. The molecule has 4 rings (SSSR count). The van der Waals surface area contributed by atoms with E-state index in [1.54, 1.807) is 11.0 Å². The number of aromatic amines is 1. The average Bonchev–Trinajstić information content (AvgIpc) is 2.65. The summed E-state index contributed by atoms with van der Waals surface area (Å²) in [6.45, 7) is 3.30. The number of nitrogens with one attached hydrogen (secondary N) is 1. The Kier molecular flexibility index (Phi) is 4.28. The number of H-pyrrole nitrogens is 1. The third-order valence-electron chi connectivity index (χ3n) is 5.48. The molecule has 0 saturated carbocycles. The van der Waals surface area contributed by atoms with Crippen LogP contribution in [0.15, 0.2) is 29.1 Å². The van der Waals surface area contributed by atoms with E-state index in [0.29, 0.717) is 19.7 Å². The van der Waals surface area contributed by atoms with Crippen LogP contribution in [0.5, 0.6) is 0 Å². The van der Waals surface area contributed by atoms with Crippen LogP contribution in [0, 0.1) is 5.82 Å². The number of fused-ring (bicyclic) bond motifs is 1. The topological polar surface area (TPSA) is 65.6 Å². The van der Waals surface area contributed by atoms with Crippen LogP contribution in [0.4, 0.5) is 4.39 Å². The molecule has 26 heavy (non-hydrogen) atoms. The van der Waals surface area contributed by atoms with E-state index in [-0.39, 0.29) is 33.5 Å². The first-order valence-corrected chi connectivity index (χ1v) is 8.91. The number of rotatable bonds is 1. The molecule has 1 aromatic heterocycles. The minimum absolute atomic E-state index is 0.0746. The van der Waals surface area contributed by atoms with Crippen LogP contribution in [0.25, 0.3) is 10.9 Å². The van der Waals surface area contributed by atoms with Crippen molar-refractivity contribution in [1.82, 2.24) is 14.8 Å². The molecule has 2 saturated heterocycles. The maximum Gasteiger partial charge on any atom is 0.270 e. The van der Waals surface area contributed by atoms with Crippen molar-refractivity contribution in [1.29, 1.82) is 0 Å². The van der Waals surface area contributed by atoms with Crippen molar-refractivity contribution in [3.05, 3.63) is 46.0 Å². The number of piperidine rings is 1. The maximum absolute atomic E-state index is 14.1. The Balaban J connectivity index is 1.62. The van der Waals surface area contributed by atoms with Crippen molar-refractivity contribution in [3.8, 4) is 0 Å². The summed E-state index contributed by atoms with van der Waals surface area (Å²) >= 11 is 0. The Morgan fingerprint density at radius 2 is 2.04 bits per heavy atom. The summed E-state index contributed by atoms with van der Waals surface area (Å²) in [5.74, 6) is -0.822. The number of amides is 1. The number of carbonyl (C=O) groups is 1. The van der Waals surface area contributed by atoms with Gasteiger partial charge in [-0.3, -0.25) is 9.59 Å². The van der Waals surface area contributed by atoms with Gasteiger partial charge < -0.3 is 19.5 Å². The highest BCUT2D eigenvalue weighted by Gasteiger charge is 2.40. The molecule has 6 nitrogen and oxygen atoms in total. The number of morpholine rings is 1. The van der Waals surface area contributed by atoms with Crippen LogP contribution in [-0.4, -0.2) is 66.1 Å². The second-order valence-corrected chi connectivity index (χ2v) is 7.27. The highest BCUT2D eigenvalue weighted by molar-refractivity contribution is 5.95. The van der Waals surface area contributed by atoms with Gasteiger partial charge in [0.25, 0.3) is 5.91 Å². The van der Waals surface area contributed by atoms with Gasteiger partial charge in [0, 0.05) is 31.1 Å². The number of carbonyl (C=O) groups excluding carboxylic acids is 1. The number of pyridine rings is 1. The van der Waals surface area contributed by atoms with Crippen molar-refractivity contribution < 1.29 is 13.9 Å². The zero-order valence-corrected chi connectivity index (χ0v) is 14.8. The minimum Gasteiger partial charge on any atom is -0.371 e. The first kappa shape index (κ1) is 17.2. The van der Waals surface area contributed by atoms with Crippen molar-refractivity contribution in [3.63, 3.8) is 0 Å². The molecular formula is C19H22FN3O3. The number of aromatic nitrogens is 1. The van der Waals surface area contributed by atoms with E-state index in [0.717, 1.165) is 25.9 Å². The highest BCUT2D eigenvalue weighted by Crippen LogP contribution is 2.30. The lowest BCUT2D eigenvalue weighted by Gasteiger charge is -2.46. The number of halogens is 1. The number of hydrogen-bond acceptors (Lipinski definition) is 4. The van der Waals surface area contributed by atoms with E-state index in [9.17, 15) is 14.0 Å². The predicted octanol–water partition coefficient (Wildman–Crippen LogP) is 1.60. The van der Waals surface area contributed by atoms with Gasteiger partial charge >= 0.3 is 0 Å². The Labute approximate surface area is 150 Å². The van der Waals surface area contributed by atoms with Crippen LogP contribution in [-0.2, 0) is 4.74 Å². The zero-order valence-electron chi connectivity index (χ0n) is 14.8. The second-order valence-electron chi connectivity index (χ2n) is 7.27. The summed E-state index contributed by atoms with van der Waals surface area (Å²) < 4.78 is 20.1. The molecule has 1 N–H and O–H groups in total. The highest BCUT2D eigenvalue weighted by atomic mass is 19.1. The van der Waals surface area contributed by atoms with Gasteiger partial charge in [0.15, 0.2) is 5.43 Å². The smallest absolute Gasteiger partial charge is 0.270 e. The number of benzene rings is 1. The van der Waals surface area contributed by atoms with E-state index in [4.69, 9.17) is 4.74 Å². The van der Waals surface area contributed by atoms with Gasteiger partial charge in [0.2, 0.25) is 0 Å². The Morgan fingerprint density at radius 1 is 1.27 bits per heavy atom. The normalized spacial score (nSPS) is 20.6. The first-order chi connectivity index (χ1) is 12.5. The lowest BCUT2D eigenvalue weighted by molar-refractivity contribution is -0.125. The fourth-order valence-corrected chi connectivity index (χ4v) is 3.87. The molecule has 0 aliphatic carbocycles. The number of nitrogens with zero attached hydrogens (tertiary/aromatic N) is 2. The second kappa shape index (κ2) is 6.48. The fourth-order valence-electron chi connectivity index (χ4n) is 3.87. The van der Waals surface area contributed by atoms with Gasteiger partial charge in [-0.15, -0.1) is 0 Å². The largest absolute Gasteiger partial charge is 0.371 e. The maximum atomic E-state index is 14.1. The molecule has 0 atom stereocenters. The average molecular weight is 359 g/mol. The molecule has 3 heterocycles. The monoisotopic (exact) mass is 359 g/mol. The van der Waals surface area contributed by atoms with Crippen LogP contribution < -0.4 is 5.43 Å². The van der Waals surface area contributed by atoms with E-state index >= 15 is 0 Å². The molecule has 0 bridgehead atoms. The van der Waals surface area contributed by atoms with E-state index in [1.165, 1.54) is 18.2 Å². The van der Waals surface area contributed by atoms with Crippen LogP contribution in [0.3, 0.4) is 0 Å². The van der Waals surface area contributed by atoms with Gasteiger partial charge in [-0.05, 0) is 32.0 Å².